The SMILES string of the molecule is O=C(OC(=O)c1c(F)c(F)c(F)c(F)c1S(=O)(=O)O)c1c(F)c(F)c(F)c(F)c1S(=O)(=O)O. The number of hydrogen-bond acceptors (Lipinski definition) is 7. The Bertz CT molecular complexity index is 1340. The molecule has 0 radical (unpaired) electrons. The summed E-state index contributed by atoms with van der Waals surface area (Å²) in [6, 6.07) is 0. The van der Waals surface area contributed by atoms with Crippen LogP contribution in [0.2, 0.25) is 0 Å². The van der Waals surface area contributed by atoms with Crippen molar-refractivity contribution in [3.05, 3.63) is 57.7 Å². The minimum atomic E-state index is -6.14. The van der Waals surface area contributed by atoms with Gasteiger partial charge in [-0.15, -0.1) is 0 Å². The molecule has 2 aromatic rings. The van der Waals surface area contributed by atoms with Gasteiger partial charge in [0.05, 0.1) is 0 Å². The molecule has 33 heavy (non-hydrogen) atoms. The third-order valence-electron chi connectivity index (χ3n) is 3.56. The van der Waals surface area contributed by atoms with Crippen molar-refractivity contribution in [1.82, 2.24) is 0 Å². The summed E-state index contributed by atoms with van der Waals surface area (Å²) in [5.41, 5.74) is -5.14. The maximum Gasteiger partial charge on any atom is 0.350 e. The van der Waals surface area contributed by atoms with Crippen LogP contribution in [0.15, 0.2) is 9.79 Å². The minimum Gasteiger partial charge on any atom is -0.385 e. The summed E-state index contributed by atoms with van der Waals surface area (Å²) in [5.74, 6) is -29.0. The third-order valence-corrected chi connectivity index (χ3v) is 5.36. The molecular weight excluding hydrogens is 528 g/mol. The van der Waals surface area contributed by atoms with Crippen LogP contribution in [0.3, 0.4) is 0 Å². The van der Waals surface area contributed by atoms with Crippen molar-refractivity contribution in [3.8, 4) is 0 Å². The van der Waals surface area contributed by atoms with Gasteiger partial charge in [0, 0.05) is 0 Å². The van der Waals surface area contributed by atoms with E-state index in [1.54, 1.807) is 0 Å². The first-order chi connectivity index (χ1) is 14.8. The first kappa shape index (κ1) is 26.1. The summed E-state index contributed by atoms with van der Waals surface area (Å²) >= 11 is 0. The van der Waals surface area contributed by atoms with Gasteiger partial charge in [-0.05, 0) is 0 Å². The van der Waals surface area contributed by atoms with Crippen molar-refractivity contribution < 1.29 is 75.4 Å². The molecule has 0 heterocycles. The van der Waals surface area contributed by atoms with Crippen molar-refractivity contribution in [3.63, 3.8) is 0 Å². The Kier molecular flexibility index (Phi) is 6.58. The summed E-state index contributed by atoms with van der Waals surface area (Å²) in [7, 11) is -12.3. The minimum absolute atomic E-state index is 2.57. The summed E-state index contributed by atoms with van der Waals surface area (Å²) in [5, 5.41) is 0. The van der Waals surface area contributed by atoms with E-state index in [-0.39, 0.29) is 0 Å². The van der Waals surface area contributed by atoms with Gasteiger partial charge in [-0.2, -0.15) is 16.8 Å². The highest BCUT2D eigenvalue weighted by atomic mass is 32.2. The van der Waals surface area contributed by atoms with Crippen LogP contribution in [0.1, 0.15) is 20.7 Å². The molecule has 180 valence electrons. The van der Waals surface area contributed by atoms with E-state index in [9.17, 15) is 61.5 Å². The topological polar surface area (TPSA) is 152 Å². The molecule has 0 unspecified atom stereocenters. The van der Waals surface area contributed by atoms with Crippen LogP contribution >= 0.6 is 0 Å². The van der Waals surface area contributed by atoms with Crippen molar-refractivity contribution in [2.45, 2.75) is 9.79 Å². The Hall–Kier alpha value is -3.16. The summed E-state index contributed by atoms with van der Waals surface area (Å²) < 4.78 is 175. The number of esters is 2. The molecule has 0 atom stereocenters. The van der Waals surface area contributed by atoms with Gasteiger partial charge >= 0.3 is 11.9 Å². The number of benzene rings is 2. The maximum absolute atomic E-state index is 13.9. The van der Waals surface area contributed by atoms with E-state index in [0.717, 1.165) is 0 Å². The van der Waals surface area contributed by atoms with Crippen LogP contribution in [0.5, 0.6) is 0 Å². The number of carbonyl (C=O) groups is 2. The lowest BCUT2D eigenvalue weighted by atomic mass is 10.1. The molecule has 0 aliphatic carbocycles. The molecule has 9 nitrogen and oxygen atoms in total. The van der Waals surface area contributed by atoms with Crippen LogP contribution in [0.4, 0.5) is 35.1 Å². The van der Waals surface area contributed by atoms with Crippen molar-refractivity contribution in [1.29, 1.82) is 0 Å². The Balaban J connectivity index is 2.80. The number of halogens is 8. The van der Waals surface area contributed by atoms with Crippen LogP contribution in [0.25, 0.3) is 0 Å². The van der Waals surface area contributed by atoms with Crippen LogP contribution in [-0.2, 0) is 25.0 Å². The van der Waals surface area contributed by atoms with Gasteiger partial charge in [0.2, 0.25) is 0 Å². The van der Waals surface area contributed by atoms with E-state index >= 15 is 0 Å². The fourth-order valence-corrected chi connectivity index (χ4v) is 3.75. The van der Waals surface area contributed by atoms with Crippen LogP contribution in [0, 0.1) is 46.5 Å². The lowest BCUT2D eigenvalue weighted by Gasteiger charge is -2.12. The average Bonchev–Trinajstić information content (AvgIpc) is 2.67. The number of ether oxygens (including phenoxy) is 1. The lowest BCUT2D eigenvalue weighted by Crippen LogP contribution is -2.24. The smallest absolute Gasteiger partial charge is 0.350 e. The molecule has 0 saturated carbocycles. The highest BCUT2D eigenvalue weighted by molar-refractivity contribution is 7.86. The van der Waals surface area contributed by atoms with Crippen molar-refractivity contribution in [2.24, 2.45) is 0 Å². The van der Waals surface area contributed by atoms with E-state index in [2.05, 4.69) is 4.74 Å². The number of rotatable bonds is 4. The normalized spacial score (nSPS) is 12.1. The first-order valence-electron chi connectivity index (χ1n) is 7.27. The molecule has 19 heteroatoms. The predicted octanol–water partition coefficient (Wildman–Crippen LogP) is 2.29. The Morgan fingerprint density at radius 2 is 0.758 bits per heavy atom. The Morgan fingerprint density at radius 3 is 1.00 bits per heavy atom. The van der Waals surface area contributed by atoms with Gasteiger partial charge in [-0.1, -0.05) is 0 Å². The molecule has 2 rings (SSSR count). The van der Waals surface area contributed by atoms with Crippen LogP contribution in [-0.4, -0.2) is 37.9 Å². The maximum atomic E-state index is 13.9. The molecule has 0 aliphatic rings. The molecule has 0 aliphatic heterocycles. The summed E-state index contributed by atoms with van der Waals surface area (Å²) in [6.07, 6.45) is 0. The van der Waals surface area contributed by atoms with Gasteiger partial charge in [0.15, 0.2) is 56.3 Å². The molecule has 0 spiro atoms. The average molecular weight is 530 g/mol. The summed E-state index contributed by atoms with van der Waals surface area (Å²) in [4.78, 5) is 18.6. The molecule has 0 amide bonds. The Morgan fingerprint density at radius 1 is 0.515 bits per heavy atom. The summed E-state index contributed by atoms with van der Waals surface area (Å²) in [6.45, 7) is 0. The molecule has 2 aromatic carbocycles. The number of hydrogen-bond donors (Lipinski definition) is 2. The zero-order chi connectivity index (χ0) is 25.8. The van der Waals surface area contributed by atoms with E-state index < -0.39 is 99.6 Å². The largest absolute Gasteiger partial charge is 0.385 e. The monoisotopic (exact) mass is 530 g/mol. The molecule has 2 N–H and O–H groups in total. The second-order valence-electron chi connectivity index (χ2n) is 5.55. The van der Waals surface area contributed by atoms with Gasteiger partial charge in [-0.25, -0.2) is 44.7 Å². The van der Waals surface area contributed by atoms with E-state index in [1.807, 2.05) is 0 Å². The second-order valence-corrected chi connectivity index (χ2v) is 8.26. The molecule has 0 fully saturated rings. The predicted molar refractivity (Wildman–Crippen MR) is 81.9 cm³/mol. The second kappa shape index (κ2) is 8.32. The van der Waals surface area contributed by atoms with Gasteiger partial charge < -0.3 is 4.74 Å². The first-order valence-corrected chi connectivity index (χ1v) is 10.1. The fraction of sp³-hybridized carbons (Fsp3) is 0. The van der Waals surface area contributed by atoms with E-state index in [4.69, 9.17) is 9.11 Å². The van der Waals surface area contributed by atoms with Gasteiger partial charge in [0.25, 0.3) is 20.2 Å². The molecular formula is C14H2F8O9S2. The van der Waals surface area contributed by atoms with Crippen molar-refractivity contribution in [2.75, 3.05) is 0 Å². The zero-order valence-corrected chi connectivity index (χ0v) is 16.2. The van der Waals surface area contributed by atoms with Gasteiger partial charge in [0.1, 0.15) is 11.1 Å². The standard InChI is InChI=1S/C14H2F8O9S2/c15-3-1(11(32(25,26)27)9(21)7(19)5(3)17)13(23)31-14(24)2-4(16)6(18)8(20)10(22)12(2)33(28,29)30/h(H,25,26,27)(H,28,29,30). The van der Waals surface area contributed by atoms with E-state index in [1.165, 1.54) is 0 Å². The van der Waals surface area contributed by atoms with Crippen LogP contribution < -0.4 is 0 Å². The van der Waals surface area contributed by atoms with Crippen molar-refractivity contribution >= 4 is 32.2 Å². The zero-order valence-electron chi connectivity index (χ0n) is 14.6. The molecule has 0 aromatic heterocycles. The Labute approximate surface area is 175 Å². The highest BCUT2D eigenvalue weighted by Gasteiger charge is 2.40. The third kappa shape index (κ3) is 4.38. The molecule has 0 bridgehead atoms. The van der Waals surface area contributed by atoms with Gasteiger partial charge in [-0.3, -0.25) is 9.11 Å². The van der Waals surface area contributed by atoms with E-state index in [0.29, 0.717) is 0 Å². The molecule has 0 saturated heterocycles. The number of carbonyl (C=O) groups excluding carboxylic acids is 2. The fourth-order valence-electron chi connectivity index (χ4n) is 2.26. The quantitative estimate of drug-likeness (QED) is 0.151. The highest BCUT2D eigenvalue weighted by Crippen LogP contribution is 2.31. The lowest BCUT2D eigenvalue weighted by molar-refractivity contribution is 0.0380.